The third-order valence-electron chi connectivity index (χ3n) is 5.30. The fraction of sp³-hybridized carbons (Fsp3) is 0.320. The van der Waals surface area contributed by atoms with Crippen LogP contribution >= 0.6 is 15.9 Å². The summed E-state index contributed by atoms with van der Waals surface area (Å²) >= 11 is 3.45. The average molecular weight is 499 g/mol. The fourth-order valence-corrected chi connectivity index (χ4v) is 4.08. The lowest BCUT2D eigenvalue weighted by Gasteiger charge is -2.09. The molecule has 0 aliphatic heterocycles. The molecule has 0 aliphatic rings. The number of benzene rings is 2. The summed E-state index contributed by atoms with van der Waals surface area (Å²) in [6.45, 7) is 4.79. The van der Waals surface area contributed by atoms with Crippen LogP contribution in [0.5, 0.6) is 0 Å². The summed E-state index contributed by atoms with van der Waals surface area (Å²) in [5.74, 6) is -1.12. The van der Waals surface area contributed by atoms with Crippen LogP contribution in [0.25, 0.3) is 0 Å². The van der Waals surface area contributed by atoms with Crippen molar-refractivity contribution in [1.82, 2.24) is 9.78 Å². The number of hydrogen-bond acceptors (Lipinski definition) is 4. The Morgan fingerprint density at radius 2 is 1.69 bits per heavy atom. The summed E-state index contributed by atoms with van der Waals surface area (Å²) in [5.41, 5.74) is 5.47. The summed E-state index contributed by atoms with van der Waals surface area (Å²) in [6.07, 6.45) is 1.61. The van der Waals surface area contributed by atoms with Gasteiger partial charge in [-0.2, -0.15) is 5.10 Å². The number of carbonyl (C=O) groups excluding carboxylic acids is 1. The van der Waals surface area contributed by atoms with Crippen molar-refractivity contribution in [2.75, 3.05) is 0 Å². The molecule has 1 N–H and O–H groups in total. The van der Waals surface area contributed by atoms with Crippen molar-refractivity contribution >= 4 is 27.9 Å². The SMILES string of the molecule is CCc1nn(Cc2ccc(CC(=O)OCc3ccccc3Br)cc2)c(CC)c1CC(=O)O. The van der Waals surface area contributed by atoms with Crippen LogP contribution in [0.3, 0.4) is 0 Å². The zero-order chi connectivity index (χ0) is 23.1. The van der Waals surface area contributed by atoms with E-state index in [0.29, 0.717) is 13.0 Å². The van der Waals surface area contributed by atoms with Gasteiger partial charge in [0, 0.05) is 21.3 Å². The predicted molar refractivity (Wildman–Crippen MR) is 126 cm³/mol. The molecule has 2 aromatic carbocycles. The second-order valence-electron chi connectivity index (χ2n) is 7.55. The molecule has 3 aromatic rings. The van der Waals surface area contributed by atoms with Crippen molar-refractivity contribution in [1.29, 1.82) is 0 Å². The van der Waals surface area contributed by atoms with Crippen LogP contribution in [-0.2, 0) is 53.2 Å². The van der Waals surface area contributed by atoms with Gasteiger partial charge in [0.05, 0.1) is 25.1 Å². The average Bonchev–Trinajstić information content (AvgIpc) is 3.09. The minimum absolute atomic E-state index is 0.00700. The summed E-state index contributed by atoms with van der Waals surface area (Å²) in [4.78, 5) is 23.5. The number of hydrogen-bond donors (Lipinski definition) is 1. The van der Waals surface area contributed by atoms with Crippen molar-refractivity contribution in [2.24, 2.45) is 0 Å². The highest BCUT2D eigenvalue weighted by molar-refractivity contribution is 9.10. The molecule has 3 rings (SSSR count). The molecule has 6 nitrogen and oxygen atoms in total. The molecular formula is C25H27BrN2O4. The Hall–Kier alpha value is -2.93. The van der Waals surface area contributed by atoms with E-state index in [9.17, 15) is 14.7 Å². The first-order valence-corrected chi connectivity index (χ1v) is 11.5. The molecule has 0 saturated carbocycles. The number of rotatable bonds is 10. The largest absolute Gasteiger partial charge is 0.481 e. The topological polar surface area (TPSA) is 81.4 Å². The highest BCUT2D eigenvalue weighted by Crippen LogP contribution is 2.20. The molecule has 0 aliphatic carbocycles. The number of aromatic nitrogens is 2. The molecule has 1 heterocycles. The van der Waals surface area contributed by atoms with Gasteiger partial charge in [-0.3, -0.25) is 14.3 Å². The summed E-state index contributed by atoms with van der Waals surface area (Å²) in [6, 6.07) is 15.4. The molecule has 0 radical (unpaired) electrons. The quantitative estimate of drug-likeness (QED) is 0.408. The highest BCUT2D eigenvalue weighted by Gasteiger charge is 2.18. The minimum Gasteiger partial charge on any atom is -0.481 e. The van der Waals surface area contributed by atoms with E-state index in [1.165, 1.54) is 0 Å². The molecule has 32 heavy (non-hydrogen) atoms. The van der Waals surface area contributed by atoms with Crippen LogP contribution in [0.4, 0.5) is 0 Å². The molecule has 7 heteroatoms. The zero-order valence-corrected chi connectivity index (χ0v) is 19.9. The van der Waals surface area contributed by atoms with E-state index >= 15 is 0 Å². The van der Waals surface area contributed by atoms with Crippen LogP contribution in [-0.4, -0.2) is 26.8 Å². The Morgan fingerprint density at radius 1 is 1.00 bits per heavy atom. The van der Waals surface area contributed by atoms with Gasteiger partial charge in [-0.15, -0.1) is 0 Å². The monoisotopic (exact) mass is 498 g/mol. The Labute approximate surface area is 196 Å². The van der Waals surface area contributed by atoms with Crippen LogP contribution < -0.4 is 0 Å². The molecule has 0 saturated heterocycles. The molecule has 0 spiro atoms. The van der Waals surface area contributed by atoms with E-state index in [-0.39, 0.29) is 25.4 Å². The van der Waals surface area contributed by atoms with Crippen molar-refractivity contribution in [2.45, 2.75) is 52.7 Å². The third-order valence-corrected chi connectivity index (χ3v) is 6.07. The molecule has 0 unspecified atom stereocenters. The highest BCUT2D eigenvalue weighted by atomic mass is 79.9. The van der Waals surface area contributed by atoms with Crippen molar-refractivity contribution in [3.63, 3.8) is 0 Å². The minimum atomic E-state index is -0.843. The first-order valence-electron chi connectivity index (χ1n) is 10.7. The van der Waals surface area contributed by atoms with Gasteiger partial charge in [0.25, 0.3) is 0 Å². The van der Waals surface area contributed by atoms with Crippen LogP contribution in [0.1, 0.15) is 47.5 Å². The van der Waals surface area contributed by atoms with Gasteiger partial charge in [-0.1, -0.05) is 72.2 Å². The maximum atomic E-state index is 12.2. The molecule has 0 bridgehead atoms. The number of carboxylic acids is 1. The maximum Gasteiger partial charge on any atom is 0.310 e. The molecular weight excluding hydrogens is 472 g/mol. The van der Waals surface area contributed by atoms with Gasteiger partial charge < -0.3 is 9.84 Å². The fourth-order valence-electron chi connectivity index (χ4n) is 3.68. The van der Waals surface area contributed by atoms with Gasteiger partial charge in [-0.25, -0.2) is 0 Å². The number of esters is 1. The smallest absolute Gasteiger partial charge is 0.310 e. The Bertz CT molecular complexity index is 1090. The molecule has 0 amide bonds. The van der Waals surface area contributed by atoms with Crippen molar-refractivity contribution < 1.29 is 19.4 Å². The number of aryl methyl sites for hydroxylation is 1. The Balaban J connectivity index is 1.63. The van der Waals surface area contributed by atoms with Gasteiger partial charge in [0.2, 0.25) is 0 Å². The lowest BCUT2D eigenvalue weighted by molar-refractivity contribution is -0.144. The van der Waals surface area contributed by atoms with Crippen LogP contribution in [0.2, 0.25) is 0 Å². The van der Waals surface area contributed by atoms with Gasteiger partial charge in [0.15, 0.2) is 0 Å². The van der Waals surface area contributed by atoms with Crippen LogP contribution in [0.15, 0.2) is 53.0 Å². The first kappa shape index (κ1) is 23.7. The van der Waals surface area contributed by atoms with E-state index in [1.807, 2.05) is 67.1 Å². The van der Waals surface area contributed by atoms with Gasteiger partial charge in [0.1, 0.15) is 6.61 Å². The third kappa shape index (κ3) is 6.07. The lowest BCUT2D eigenvalue weighted by Crippen LogP contribution is -2.09. The summed E-state index contributed by atoms with van der Waals surface area (Å²) < 4.78 is 8.22. The number of carbonyl (C=O) groups is 2. The maximum absolute atomic E-state index is 12.2. The van der Waals surface area contributed by atoms with E-state index in [4.69, 9.17) is 4.74 Å². The zero-order valence-electron chi connectivity index (χ0n) is 18.3. The first-order chi connectivity index (χ1) is 15.4. The number of carboxylic acid groups (broad SMARTS) is 1. The number of ether oxygens (including phenoxy) is 1. The van der Waals surface area contributed by atoms with E-state index in [0.717, 1.165) is 44.5 Å². The van der Waals surface area contributed by atoms with Crippen molar-refractivity contribution in [3.8, 4) is 0 Å². The van der Waals surface area contributed by atoms with E-state index in [1.54, 1.807) is 0 Å². The number of nitrogens with zero attached hydrogens (tertiary/aromatic N) is 2. The summed E-state index contributed by atoms with van der Waals surface area (Å²) in [5, 5.41) is 13.9. The van der Waals surface area contributed by atoms with E-state index < -0.39 is 5.97 Å². The van der Waals surface area contributed by atoms with Crippen LogP contribution in [0, 0.1) is 0 Å². The Kier molecular flexibility index (Phi) is 8.22. The number of aliphatic carboxylic acids is 1. The van der Waals surface area contributed by atoms with Crippen molar-refractivity contribution in [3.05, 3.63) is 86.6 Å². The molecule has 1 aromatic heterocycles. The normalized spacial score (nSPS) is 10.8. The predicted octanol–water partition coefficient (Wildman–Crippen LogP) is 4.73. The Morgan fingerprint density at radius 3 is 2.31 bits per heavy atom. The lowest BCUT2D eigenvalue weighted by atomic mass is 10.1. The standard InChI is InChI=1S/C25H27BrN2O4/c1-3-22-20(14-24(29)30)23(4-2)28(27-22)15-18-11-9-17(10-12-18)13-25(31)32-16-19-7-5-6-8-21(19)26/h5-12H,3-4,13-16H2,1-2H3,(H,29,30). The molecule has 168 valence electrons. The van der Waals surface area contributed by atoms with Gasteiger partial charge in [-0.05, 0) is 30.0 Å². The number of halogens is 1. The second-order valence-corrected chi connectivity index (χ2v) is 8.41. The van der Waals surface area contributed by atoms with Gasteiger partial charge >= 0.3 is 11.9 Å². The van der Waals surface area contributed by atoms with E-state index in [2.05, 4.69) is 21.0 Å². The second kappa shape index (κ2) is 11.1. The summed E-state index contributed by atoms with van der Waals surface area (Å²) in [7, 11) is 0. The molecule has 0 fully saturated rings. The molecule has 0 atom stereocenters.